The zero-order chi connectivity index (χ0) is 21.3. The molecular weight excluding hydrogens is 400 g/mol. The lowest BCUT2D eigenvalue weighted by Gasteiger charge is -2.29. The Kier molecular flexibility index (Phi) is 17.4. The highest BCUT2D eigenvalue weighted by Gasteiger charge is 2.19. The number of nitrogens with two attached hydrogens (primary N) is 1. The molecule has 0 saturated heterocycles. The number of halogens is 1. The minimum absolute atomic E-state index is 0. The maximum Gasteiger partial charge on any atom is 0.307 e. The number of hydrogen-bond donors (Lipinski definition) is 1. The Balaban J connectivity index is 0.00000841. The van der Waals surface area contributed by atoms with Gasteiger partial charge in [-0.05, 0) is 19.4 Å². The van der Waals surface area contributed by atoms with Gasteiger partial charge >= 0.3 is 5.97 Å². The van der Waals surface area contributed by atoms with Crippen molar-refractivity contribution in [2.45, 2.75) is 110 Å². The second kappa shape index (κ2) is 18.3. The highest BCUT2D eigenvalue weighted by molar-refractivity contribution is 5.92. The maximum absolute atomic E-state index is 12.0. The van der Waals surface area contributed by atoms with Gasteiger partial charge in [0.25, 0.3) is 0 Å². The van der Waals surface area contributed by atoms with Crippen molar-refractivity contribution in [3.63, 3.8) is 0 Å². The first-order valence-corrected chi connectivity index (χ1v) is 11.7. The molecule has 6 heteroatoms. The highest BCUT2D eigenvalue weighted by Crippen LogP contribution is 2.15. The van der Waals surface area contributed by atoms with E-state index in [4.69, 9.17) is 10.5 Å². The van der Waals surface area contributed by atoms with Crippen molar-refractivity contribution in [3.8, 4) is 0 Å². The number of hydrogen-bond acceptors (Lipinski definition) is 4. The molecule has 0 fully saturated rings. The first kappa shape index (κ1) is 28.5. The first-order chi connectivity index (χ1) is 14.0. The van der Waals surface area contributed by atoms with Crippen LogP contribution in [-0.2, 0) is 14.3 Å². The van der Waals surface area contributed by atoms with E-state index in [0.717, 1.165) is 12.8 Å². The van der Waals surface area contributed by atoms with Gasteiger partial charge in [0.05, 0.1) is 6.54 Å². The van der Waals surface area contributed by atoms with Gasteiger partial charge in [-0.25, -0.2) is 0 Å². The number of carbonyl (C=O) groups is 2. The van der Waals surface area contributed by atoms with E-state index in [2.05, 4.69) is 6.92 Å². The minimum atomic E-state index is -0.440. The lowest BCUT2D eigenvalue weighted by atomic mass is 10.0. The molecule has 30 heavy (non-hydrogen) atoms. The molecule has 1 aliphatic heterocycles. The number of primary amides is 1. The topological polar surface area (TPSA) is 72.6 Å². The summed E-state index contributed by atoms with van der Waals surface area (Å²) >= 11 is 0. The quantitative estimate of drug-likeness (QED) is 0.221. The van der Waals surface area contributed by atoms with E-state index >= 15 is 0 Å². The van der Waals surface area contributed by atoms with E-state index in [0.29, 0.717) is 18.5 Å². The molecule has 0 aromatic carbocycles. The Hall–Kier alpha value is -1.49. The first-order valence-electron chi connectivity index (χ1n) is 11.7. The summed E-state index contributed by atoms with van der Waals surface area (Å²) in [6.45, 7) is 4.45. The predicted molar refractivity (Wildman–Crippen MR) is 126 cm³/mol. The largest absolute Gasteiger partial charge is 0.442 e. The number of unbranched alkanes of at least 4 members (excludes halogenated alkanes) is 12. The van der Waals surface area contributed by atoms with Gasteiger partial charge in [-0.15, -0.1) is 12.4 Å². The lowest BCUT2D eigenvalue weighted by molar-refractivity contribution is -0.155. The SMILES string of the molecule is CCCCCCCCCCCCCCCC(=O)OC(C)N1C=CC=C(C(N)=O)C1.Cl. The normalized spacial score (nSPS) is 14.1. The van der Waals surface area contributed by atoms with Crippen LogP contribution in [0.2, 0.25) is 0 Å². The molecule has 5 nitrogen and oxygen atoms in total. The number of ether oxygens (including phenoxy) is 1. The van der Waals surface area contributed by atoms with Crippen LogP contribution < -0.4 is 5.73 Å². The van der Waals surface area contributed by atoms with Crippen molar-refractivity contribution in [1.82, 2.24) is 4.90 Å². The van der Waals surface area contributed by atoms with Crippen LogP contribution in [0, 0.1) is 0 Å². The van der Waals surface area contributed by atoms with Crippen molar-refractivity contribution in [1.29, 1.82) is 0 Å². The van der Waals surface area contributed by atoms with Crippen LogP contribution >= 0.6 is 12.4 Å². The summed E-state index contributed by atoms with van der Waals surface area (Å²) in [6, 6.07) is 0. The standard InChI is InChI=1S/C24H42N2O3.ClH/c1-3-4-5-6-7-8-9-10-11-12-13-14-15-18-23(27)29-21(2)26-19-16-17-22(20-26)24(25)28;/h16-17,19,21H,3-15,18,20H2,1-2H3,(H2,25,28);1H. The van der Waals surface area contributed by atoms with Crippen LogP contribution in [0.3, 0.4) is 0 Å². The van der Waals surface area contributed by atoms with Crippen molar-refractivity contribution >= 4 is 24.3 Å². The third kappa shape index (κ3) is 13.7. The van der Waals surface area contributed by atoms with E-state index in [-0.39, 0.29) is 18.4 Å². The molecule has 0 bridgehead atoms. The van der Waals surface area contributed by atoms with Crippen LogP contribution in [0.4, 0.5) is 0 Å². The third-order valence-electron chi connectivity index (χ3n) is 5.50. The molecule has 0 spiro atoms. The number of allylic oxidation sites excluding steroid dienone is 2. The summed E-state index contributed by atoms with van der Waals surface area (Å²) in [7, 11) is 0. The average molecular weight is 443 g/mol. The smallest absolute Gasteiger partial charge is 0.307 e. The zero-order valence-corrected chi connectivity index (χ0v) is 19.9. The van der Waals surface area contributed by atoms with Crippen LogP contribution in [0.5, 0.6) is 0 Å². The molecule has 0 aromatic rings. The van der Waals surface area contributed by atoms with Gasteiger partial charge in [0, 0.05) is 18.2 Å². The van der Waals surface area contributed by atoms with Crippen LogP contribution in [0.15, 0.2) is 23.9 Å². The average Bonchev–Trinajstić information content (AvgIpc) is 2.71. The predicted octanol–water partition coefficient (Wildman–Crippen LogP) is 6.02. The highest BCUT2D eigenvalue weighted by atomic mass is 35.5. The van der Waals surface area contributed by atoms with E-state index in [1.807, 2.05) is 18.0 Å². The fourth-order valence-electron chi connectivity index (χ4n) is 3.59. The van der Waals surface area contributed by atoms with Gasteiger partial charge in [0.2, 0.25) is 5.91 Å². The van der Waals surface area contributed by atoms with Gasteiger partial charge in [-0.1, -0.05) is 90.0 Å². The maximum atomic E-state index is 12.0. The van der Waals surface area contributed by atoms with Gasteiger partial charge in [0.1, 0.15) is 0 Å². The molecule has 1 amide bonds. The van der Waals surface area contributed by atoms with E-state index in [9.17, 15) is 9.59 Å². The van der Waals surface area contributed by atoms with Gasteiger partial charge < -0.3 is 15.4 Å². The Bertz CT molecular complexity index is 535. The molecule has 1 rings (SSSR count). The minimum Gasteiger partial charge on any atom is -0.442 e. The Morgan fingerprint density at radius 3 is 1.97 bits per heavy atom. The monoisotopic (exact) mass is 442 g/mol. The summed E-state index contributed by atoms with van der Waals surface area (Å²) < 4.78 is 5.48. The fourth-order valence-corrected chi connectivity index (χ4v) is 3.59. The number of amides is 1. The molecule has 0 aliphatic carbocycles. The lowest BCUT2D eigenvalue weighted by Crippen LogP contribution is -2.37. The number of esters is 1. The summed E-state index contributed by atoms with van der Waals surface area (Å²) in [6.07, 6.45) is 22.1. The second-order valence-corrected chi connectivity index (χ2v) is 8.15. The number of rotatable bonds is 17. The van der Waals surface area contributed by atoms with Crippen molar-refractivity contribution in [2.75, 3.05) is 6.54 Å². The Morgan fingerprint density at radius 1 is 0.967 bits per heavy atom. The van der Waals surface area contributed by atoms with E-state index in [1.54, 1.807) is 12.2 Å². The summed E-state index contributed by atoms with van der Waals surface area (Å²) in [5.74, 6) is -0.617. The second-order valence-electron chi connectivity index (χ2n) is 8.15. The molecule has 1 unspecified atom stereocenters. The molecule has 0 aromatic heterocycles. The third-order valence-corrected chi connectivity index (χ3v) is 5.50. The van der Waals surface area contributed by atoms with Gasteiger partial charge in [0.15, 0.2) is 6.23 Å². The number of nitrogens with zero attached hydrogens (tertiary/aromatic N) is 1. The molecular formula is C24H43ClN2O3. The molecule has 1 heterocycles. The molecule has 2 N–H and O–H groups in total. The van der Waals surface area contributed by atoms with Crippen LogP contribution in [0.25, 0.3) is 0 Å². The summed E-state index contributed by atoms with van der Waals surface area (Å²) in [4.78, 5) is 25.1. The van der Waals surface area contributed by atoms with Crippen LogP contribution in [0.1, 0.15) is 104 Å². The zero-order valence-electron chi connectivity index (χ0n) is 19.1. The Labute approximate surface area is 189 Å². The summed E-state index contributed by atoms with van der Waals surface area (Å²) in [5, 5.41) is 0. The Morgan fingerprint density at radius 2 is 1.47 bits per heavy atom. The van der Waals surface area contributed by atoms with E-state index < -0.39 is 12.1 Å². The molecule has 0 radical (unpaired) electrons. The molecule has 1 aliphatic rings. The van der Waals surface area contributed by atoms with Crippen molar-refractivity contribution in [2.24, 2.45) is 5.73 Å². The van der Waals surface area contributed by atoms with Gasteiger partial charge in [-0.3, -0.25) is 9.59 Å². The molecule has 174 valence electrons. The molecule has 0 saturated carbocycles. The van der Waals surface area contributed by atoms with Gasteiger partial charge in [-0.2, -0.15) is 0 Å². The number of carbonyl (C=O) groups excluding carboxylic acids is 2. The van der Waals surface area contributed by atoms with Crippen molar-refractivity contribution in [3.05, 3.63) is 23.9 Å². The summed E-state index contributed by atoms with van der Waals surface area (Å²) in [5.41, 5.74) is 5.84. The molecule has 1 atom stereocenters. The van der Waals surface area contributed by atoms with Crippen molar-refractivity contribution < 1.29 is 14.3 Å². The fraction of sp³-hybridized carbons (Fsp3) is 0.750. The van der Waals surface area contributed by atoms with Crippen LogP contribution in [-0.4, -0.2) is 29.5 Å². The van der Waals surface area contributed by atoms with E-state index in [1.165, 1.54) is 70.6 Å².